The zero-order valence-corrected chi connectivity index (χ0v) is 14.2. The van der Waals surface area contributed by atoms with Crippen molar-refractivity contribution in [2.45, 2.75) is 31.7 Å². The predicted octanol–water partition coefficient (Wildman–Crippen LogP) is 2.06. The number of nitrogens with one attached hydrogen (secondary N) is 2. The number of hydrogen-bond acceptors (Lipinski definition) is 5. The second-order valence-electron chi connectivity index (χ2n) is 5.61. The second kappa shape index (κ2) is 7.10. The molecule has 0 bridgehead atoms. The van der Waals surface area contributed by atoms with Crippen LogP contribution in [-0.4, -0.2) is 25.5 Å². The van der Waals surface area contributed by atoms with E-state index in [0.717, 1.165) is 24.3 Å². The minimum Gasteiger partial charge on any atom is -0.360 e. The van der Waals surface area contributed by atoms with Crippen LogP contribution in [0.2, 0.25) is 0 Å². The number of hydrogen-bond donors (Lipinski definition) is 2. The Morgan fingerprint density at radius 1 is 1.25 bits per heavy atom. The molecule has 130 valence electrons. The van der Waals surface area contributed by atoms with Crippen LogP contribution in [0.15, 0.2) is 39.8 Å². The Balaban J connectivity index is 2.18. The number of rotatable bonds is 6. The lowest BCUT2D eigenvalue weighted by atomic mass is 10.1. The van der Waals surface area contributed by atoms with Crippen molar-refractivity contribution in [3.63, 3.8) is 0 Å². The number of halogens is 1. The van der Waals surface area contributed by atoms with Crippen LogP contribution in [0.3, 0.4) is 0 Å². The molecule has 0 fully saturated rings. The van der Waals surface area contributed by atoms with Crippen molar-refractivity contribution in [3.05, 3.63) is 41.9 Å². The number of anilines is 1. The molecule has 0 aliphatic carbocycles. The Kier molecular flexibility index (Phi) is 5.35. The molecule has 0 aliphatic rings. The topological polar surface area (TPSA) is 101 Å². The van der Waals surface area contributed by atoms with Gasteiger partial charge in [0.05, 0.1) is 4.90 Å². The van der Waals surface area contributed by atoms with Crippen LogP contribution in [0.5, 0.6) is 0 Å². The number of amides is 1. The van der Waals surface area contributed by atoms with Crippen LogP contribution in [-0.2, 0) is 14.8 Å². The molecule has 2 rings (SSSR count). The second-order valence-corrected chi connectivity index (χ2v) is 7.32. The van der Waals surface area contributed by atoms with E-state index >= 15 is 0 Å². The Labute approximate surface area is 139 Å². The highest BCUT2D eigenvalue weighted by Crippen LogP contribution is 2.14. The van der Waals surface area contributed by atoms with Crippen molar-refractivity contribution < 1.29 is 22.1 Å². The van der Waals surface area contributed by atoms with E-state index in [1.165, 1.54) is 6.07 Å². The summed E-state index contributed by atoms with van der Waals surface area (Å²) in [6.45, 7) is 5.07. The third-order valence-electron chi connectivity index (χ3n) is 3.23. The summed E-state index contributed by atoms with van der Waals surface area (Å²) in [5, 5.41) is 6.13. The molecule has 0 radical (unpaired) electrons. The van der Waals surface area contributed by atoms with Gasteiger partial charge in [-0.3, -0.25) is 4.79 Å². The maximum atomic E-state index is 12.9. The highest BCUT2D eigenvalue weighted by molar-refractivity contribution is 7.89. The first kappa shape index (κ1) is 18.1. The van der Waals surface area contributed by atoms with Crippen LogP contribution in [0, 0.1) is 18.7 Å². The number of aryl methyl sites for hydroxylation is 1. The zero-order valence-electron chi connectivity index (χ0n) is 13.4. The monoisotopic (exact) mass is 355 g/mol. The number of benzene rings is 1. The van der Waals surface area contributed by atoms with Crippen LogP contribution < -0.4 is 10.0 Å². The van der Waals surface area contributed by atoms with Gasteiger partial charge in [0.2, 0.25) is 15.9 Å². The fourth-order valence-electron chi connectivity index (χ4n) is 1.97. The average molecular weight is 355 g/mol. The Morgan fingerprint density at radius 2 is 1.88 bits per heavy atom. The number of sulfonamides is 1. The standard InChI is InChI=1S/C15H18FN3O4S/c1-9(2)14(15(20)17-13-8-10(3)23-18-13)19-24(21,22)12-6-4-11(16)5-7-12/h4-9,14,19H,1-3H3,(H,17,18,20)/t14-/m0/s1. The first-order valence-corrected chi connectivity index (χ1v) is 8.69. The van der Waals surface area contributed by atoms with Gasteiger partial charge in [0.15, 0.2) is 5.82 Å². The summed E-state index contributed by atoms with van der Waals surface area (Å²) < 4.78 is 44.9. The van der Waals surface area contributed by atoms with Crippen molar-refractivity contribution in [1.82, 2.24) is 9.88 Å². The SMILES string of the molecule is Cc1cc(NC(=O)[C@@H](NS(=O)(=O)c2ccc(F)cc2)C(C)C)no1. The van der Waals surface area contributed by atoms with Crippen molar-refractivity contribution >= 4 is 21.7 Å². The third-order valence-corrected chi connectivity index (χ3v) is 4.69. The summed E-state index contributed by atoms with van der Waals surface area (Å²) in [5.41, 5.74) is 0. The van der Waals surface area contributed by atoms with E-state index in [2.05, 4.69) is 15.2 Å². The van der Waals surface area contributed by atoms with Crippen molar-refractivity contribution in [1.29, 1.82) is 0 Å². The van der Waals surface area contributed by atoms with Gasteiger partial charge in [-0.15, -0.1) is 0 Å². The summed E-state index contributed by atoms with van der Waals surface area (Å²) >= 11 is 0. The molecule has 1 aromatic carbocycles. The molecule has 7 nitrogen and oxygen atoms in total. The maximum absolute atomic E-state index is 12.9. The fourth-order valence-corrected chi connectivity index (χ4v) is 3.31. The molecule has 2 aromatic rings. The molecule has 24 heavy (non-hydrogen) atoms. The van der Waals surface area contributed by atoms with E-state index in [4.69, 9.17) is 4.52 Å². The Morgan fingerprint density at radius 3 is 2.38 bits per heavy atom. The summed E-state index contributed by atoms with van der Waals surface area (Å²) in [4.78, 5) is 12.2. The van der Waals surface area contributed by atoms with E-state index in [1.54, 1.807) is 20.8 Å². The van der Waals surface area contributed by atoms with Crippen molar-refractivity contribution in [3.8, 4) is 0 Å². The summed E-state index contributed by atoms with van der Waals surface area (Å²) in [5.74, 6) is -0.729. The highest BCUT2D eigenvalue weighted by atomic mass is 32.2. The van der Waals surface area contributed by atoms with Gasteiger partial charge in [0, 0.05) is 6.07 Å². The molecule has 1 heterocycles. The maximum Gasteiger partial charge on any atom is 0.244 e. The lowest BCUT2D eigenvalue weighted by Crippen LogP contribution is -2.47. The van der Waals surface area contributed by atoms with Gasteiger partial charge in [-0.2, -0.15) is 4.72 Å². The molecule has 0 spiro atoms. The van der Waals surface area contributed by atoms with Gasteiger partial charge in [-0.1, -0.05) is 19.0 Å². The number of carbonyl (C=O) groups excluding carboxylic acids is 1. The van der Waals surface area contributed by atoms with E-state index in [1.807, 2.05) is 0 Å². The van der Waals surface area contributed by atoms with Crippen LogP contribution in [0.1, 0.15) is 19.6 Å². The molecule has 1 amide bonds. The van der Waals surface area contributed by atoms with Gasteiger partial charge in [-0.25, -0.2) is 12.8 Å². The first-order chi connectivity index (χ1) is 11.2. The lowest BCUT2D eigenvalue weighted by molar-refractivity contribution is -0.118. The molecule has 1 aromatic heterocycles. The zero-order chi connectivity index (χ0) is 17.9. The molecule has 0 saturated heterocycles. The third kappa shape index (κ3) is 4.39. The average Bonchev–Trinajstić information content (AvgIpc) is 2.90. The summed E-state index contributed by atoms with van der Waals surface area (Å²) in [6, 6.07) is 4.83. The molecular formula is C15H18FN3O4S. The normalized spacial score (nSPS) is 13.0. The molecular weight excluding hydrogens is 337 g/mol. The molecule has 0 saturated carbocycles. The number of aromatic nitrogens is 1. The van der Waals surface area contributed by atoms with Gasteiger partial charge < -0.3 is 9.84 Å². The lowest BCUT2D eigenvalue weighted by Gasteiger charge is -2.21. The van der Waals surface area contributed by atoms with Crippen LogP contribution in [0.4, 0.5) is 10.2 Å². The largest absolute Gasteiger partial charge is 0.360 e. The predicted molar refractivity (Wildman–Crippen MR) is 85.2 cm³/mol. The highest BCUT2D eigenvalue weighted by Gasteiger charge is 2.29. The van der Waals surface area contributed by atoms with Crippen molar-refractivity contribution in [2.75, 3.05) is 5.32 Å². The number of nitrogens with zero attached hydrogens (tertiary/aromatic N) is 1. The van der Waals surface area contributed by atoms with Gasteiger partial charge >= 0.3 is 0 Å². The van der Waals surface area contributed by atoms with Gasteiger partial charge in [0.1, 0.15) is 17.6 Å². The Bertz CT molecular complexity index is 815. The minimum atomic E-state index is -3.97. The van der Waals surface area contributed by atoms with Crippen molar-refractivity contribution in [2.24, 2.45) is 5.92 Å². The van der Waals surface area contributed by atoms with E-state index in [0.29, 0.717) is 5.76 Å². The Hall–Kier alpha value is -2.26. The molecule has 0 unspecified atom stereocenters. The van der Waals surface area contributed by atoms with E-state index in [9.17, 15) is 17.6 Å². The molecule has 0 aliphatic heterocycles. The van der Waals surface area contributed by atoms with Gasteiger partial charge in [-0.05, 0) is 37.1 Å². The van der Waals surface area contributed by atoms with Gasteiger partial charge in [0.25, 0.3) is 0 Å². The van der Waals surface area contributed by atoms with Crippen LogP contribution >= 0.6 is 0 Å². The smallest absolute Gasteiger partial charge is 0.244 e. The molecule has 2 N–H and O–H groups in total. The number of carbonyl (C=O) groups is 1. The summed E-state index contributed by atoms with van der Waals surface area (Å²) in [6.07, 6.45) is 0. The minimum absolute atomic E-state index is 0.125. The summed E-state index contributed by atoms with van der Waals surface area (Å²) in [7, 11) is -3.97. The van der Waals surface area contributed by atoms with E-state index < -0.39 is 27.8 Å². The quantitative estimate of drug-likeness (QED) is 0.826. The molecule has 9 heteroatoms. The first-order valence-electron chi connectivity index (χ1n) is 7.21. The van der Waals surface area contributed by atoms with Crippen LogP contribution in [0.25, 0.3) is 0 Å². The fraction of sp³-hybridized carbons (Fsp3) is 0.333. The molecule has 1 atom stereocenters. The van der Waals surface area contributed by atoms with E-state index in [-0.39, 0.29) is 16.6 Å².